The molecule has 0 aliphatic carbocycles. The largest absolute Gasteiger partial charge is 0.317 e. The monoisotopic (exact) mass is 384 g/mol. The third kappa shape index (κ3) is 4.28. The van der Waals surface area contributed by atoms with E-state index in [0.717, 1.165) is 56.1 Å². The zero-order valence-electron chi connectivity index (χ0n) is 16.4. The molecule has 2 heterocycles. The first-order valence-electron chi connectivity index (χ1n) is 10.6. The predicted molar refractivity (Wildman–Crippen MR) is 109 cm³/mol. The van der Waals surface area contributed by atoms with Crippen molar-refractivity contribution in [2.45, 2.75) is 38.0 Å². The summed E-state index contributed by atoms with van der Waals surface area (Å²) in [6.07, 6.45) is 5.88. The van der Waals surface area contributed by atoms with Gasteiger partial charge in [-0.3, -0.25) is 0 Å². The zero-order chi connectivity index (χ0) is 19.4. The lowest BCUT2D eigenvalue weighted by molar-refractivity contribution is 0.149. The number of piperidine rings is 1. The molecule has 4 rings (SSSR count). The van der Waals surface area contributed by atoms with E-state index < -0.39 is 0 Å². The lowest BCUT2D eigenvalue weighted by atomic mass is 9.69. The van der Waals surface area contributed by atoms with E-state index in [1.807, 2.05) is 24.3 Å². The minimum atomic E-state index is -0.216. The maximum atomic E-state index is 13.4. The highest BCUT2D eigenvalue weighted by Crippen LogP contribution is 2.43. The molecule has 0 saturated carbocycles. The maximum Gasteiger partial charge on any atom is 0.123 e. The van der Waals surface area contributed by atoms with Gasteiger partial charge in [-0.2, -0.15) is 0 Å². The Kier molecular flexibility index (Phi) is 6.07. The fourth-order valence-corrected chi connectivity index (χ4v) is 5.26. The van der Waals surface area contributed by atoms with Gasteiger partial charge in [0.15, 0.2) is 0 Å². The first-order chi connectivity index (χ1) is 13.7. The van der Waals surface area contributed by atoms with E-state index in [4.69, 9.17) is 0 Å². The van der Waals surface area contributed by atoms with Crippen molar-refractivity contribution in [3.63, 3.8) is 0 Å². The summed E-state index contributed by atoms with van der Waals surface area (Å²) in [4.78, 5) is 0. The van der Waals surface area contributed by atoms with Gasteiger partial charge in [0.2, 0.25) is 0 Å². The molecule has 1 spiro atoms. The number of halogens is 2. The van der Waals surface area contributed by atoms with Gasteiger partial charge in [-0.15, -0.1) is 0 Å². The fraction of sp³-hybridized carbons (Fsp3) is 0.500. The Morgan fingerprint density at radius 3 is 2.00 bits per heavy atom. The second-order valence-corrected chi connectivity index (χ2v) is 8.53. The van der Waals surface area contributed by atoms with Gasteiger partial charge >= 0.3 is 0 Å². The Labute approximate surface area is 166 Å². The SMILES string of the molecule is Fc1ccc(C(CCCC2CNCC23CCNCC3)c2ccc(F)cc2)cc1. The van der Waals surface area contributed by atoms with Crippen LogP contribution in [0.15, 0.2) is 48.5 Å². The van der Waals surface area contributed by atoms with Crippen molar-refractivity contribution in [1.29, 1.82) is 0 Å². The van der Waals surface area contributed by atoms with Crippen LogP contribution in [-0.4, -0.2) is 26.2 Å². The molecule has 2 N–H and O–H groups in total. The minimum absolute atomic E-state index is 0.180. The van der Waals surface area contributed by atoms with E-state index in [1.165, 1.54) is 43.5 Å². The van der Waals surface area contributed by atoms with Gasteiger partial charge in [-0.25, -0.2) is 8.78 Å². The lowest BCUT2D eigenvalue weighted by Gasteiger charge is -2.38. The molecule has 1 unspecified atom stereocenters. The third-order valence-corrected chi connectivity index (χ3v) is 6.92. The highest BCUT2D eigenvalue weighted by molar-refractivity contribution is 5.32. The molecule has 2 nitrogen and oxygen atoms in total. The van der Waals surface area contributed by atoms with Crippen LogP contribution in [0.4, 0.5) is 8.78 Å². The molecular formula is C24H30F2N2. The summed E-state index contributed by atoms with van der Waals surface area (Å²) in [6, 6.07) is 13.6. The quantitative estimate of drug-likeness (QED) is 0.743. The molecule has 2 aliphatic rings. The molecule has 2 aliphatic heterocycles. The van der Waals surface area contributed by atoms with Crippen molar-refractivity contribution >= 4 is 0 Å². The van der Waals surface area contributed by atoms with Crippen LogP contribution < -0.4 is 10.6 Å². The van der Waals surface area contributed by atoms with Gasteiger partial charge in [-0.05, 0) is 92.0 Å². The molecule has 150 valence electrons. The Balaban J connectivity index is 1.45. The van der Waals surface area contributed by atoms with Gasteiger partial charge < -0.3 is 10.6 Å². The Morgan fingerprint density at radius 1 is 0.857 bits per heavy atom. The molecule has 0 aromatic heterocycles. The summed E-state index contributed by atoms with van der Waals surface area (Å²) >= 11 is 0. The molecule has 0 bridgehead atoms. The third-order valence-electron chi connectivity index (χ3n) is 6.92. The first kappa shape index (κ1) is 19.5. The van der Waals surface area contributed by atoms with Crippen molar-refractivity contribution in [3.8, 4) is 0 Å². The predicted octanol–water partition coefficient (Wildman–Crippen LogP) is 4.86. The van der Waals surface area contributed by atoms with Crippen LogP contribution in [0, 0.1) is 23.0 Å². The normalized spacial score (nSPS) is 21.5. The van der Waals surface area contributed by atoms with Gasteiger partial charge in [0.05, 0.1) is 0 Å². The summed E-state index contributed by atoms with van der Waals surface area (Å²) in [6.45, 7) is 4.54. The number of hydrogen-bond donors (Lipinski definition) is 2. The molecule has 1 atom stereocenters. The van der Waals surface area contributed by atoms with Crippen LogP contribution >= 0.6 is 0 Å². The molecule has 0 amide bonds. The van der Waals surface area contributed by atoms with E-state index >= 15 is 0 Å². The van der Waals surface area contributed by atoms with Gasteiger partial charge in [0.25, 0.3) is 0 Å². The van der Waals surface area contributed by atoms with Gasteiger partial charge in [-0.1, -0.05) is 30.7 Å². The molecular weight excluding hydrogens is 354 g/mol. The maximum absolute atomic E-state index is 13.4. The summed E-state index contributed by atoms with van der Waals surface area (Å²) in [5, 5.41) is 7.13. The minimum Gasteiger partial charge on any atom is -0.317 e. The topological polar surface area (TPSA) is 24.1 Å². The molecule has 2 saturated heterocycles. The molecule has 4 heteroatoms. The van der Waals surface area contributed by atoms with E-state index in [9.17, 15) is 8.78 Å². The Hall–Kier alpha value is -1.78. The second-order valence-electron chi connectivity index (χ2n) is 8.53. The lowest BCUT2D eigenvalue weighted by Crippen LogP contribution is -2.41. The number of nitrogens with one attached hydrogen (secondary N) is 2. The Bertz CT molecular complexity index is 706. The summed E-state index contributed by atoms with van der Waals surface area (Å²) < 4.78 is 26.8. The Morgan fingerprint density at radius 2 is 1.43 bits per heavy atom. The highest BCUT2D eigenvalue weighted by Gasteiger charge is 2.42. The highest BCUT2D eigenvalue weighted by atomic mass is 19.1. The van der Waals surface area contributed by atoms with Crippen molar-refractivity contribution < 1.29 is 8.78 Å². The summed E-state index contributed by atoms with van der Waals surface area (Å²) in [5.41, 5.74) is 2.68. The summed E-state index contributed by atoms with van der Waals surface area (Å²) in [7, 11) is 0. The van der Waals surface area contributed by atoms with Crippen molar-refractivity contribution in [3.05, 3.63) is 71.3 Å². The van der Waals surface area contributed by atoms with E-state index in [1.54, 1.807) is 0 Å². The first-order valence-corrected chi connectivity index (χ1v) is 10.6. The van der Waals surface area contributed by atoms with Crippen LogP contribution in [0.1, 0.15) is 49.1 Å². The van der Waals surface area contributed by atoms with E-state index in [2.05, 4.69) is 10.6 Å². The molecule has 2 aromatic carbocycles. The zero-order valence-corrected chi connectivity index (χ0v) is 16.4. The van der Waals surface area contributed by atoms with E-state index in [-0.39, 0.29) is 17.6 Å². The standard InChI is InChI=1S/C24H30F2N2/c25-21-8-4-18(5-9-21)23(19-6-10-22(26)11-7-19)3-1-2-20-16-28-17-24(20)12-14-27-15-13-24/h4-11,20,23,27-28H,1-3,12-17H2. The number of benzene rings is 2. The van der Waals surface area contributed by atoms with E-state index in [0.29, 0.717) is 5.41 Å². The van der Waals surface area contributed by atoms with Gasteiger partial charge in [0.1, 0.15) is 11.6 Å². The fourth-order valence-electron chi connectivity index (χ4n) is 5.26. The average Bonchev–Trinajstić information content (AvgIpc) is 3.09. The second kappa shape index (κ2) is 8.71. The number of hydrogen-bond acceptors (Lipinski definition) is 2. The molecule has 2 fully saturated rings. The molecule has 2 aromatic rings. The number of rotatable bonds is 6. The van der Waals surface area contributed by atoms with Crippen LogP contribution in [0.25, 0.3) is 0 Å². The molecule has 0 radical (unpaired) electrons. The van der Waals surface area contributed by atoms with Crippen molar-refractivity contribution in [1.82, 2.24) is 10.6 Å². The van der Waals surface area contributed by atoms with Crippen molar-refractivity contribution in [2.24, 2.45) is 11.3 Å². The van der Waals surface area contributed by atoms with Crippen LogP contribution in [0.3, 0.4) is 0 Å². The van der Waals surface area contributed by atoms with Crippen LogP contribution in [-0.2, 0) is 0 Å². The smallest absolute Gasteiger partial charge is 0.123 e. The molecule has 28 heavy (non-hydrogen) atoms. The van der Waals surface area contributed by atoms with Gasteiger partial charge in [0, 0.05) is 12.5 Å². The van der Waals surface area contributed by atoms with Crippen LogP contribution in [0.2, 0.25) is 0 Å². The average molecular weight is 385 g/mol. The van der Waals surface area contributed by atoms with Crippen LogP contribution in [0.5, 0.6) is 0 Å². The van der Waals surface area contributed by atoms with Crippen molar-refractivity contribution in [2.75, 3.05) is 26.2 Å². The summed E-state index contributed by atoms with van der Waals surface area (Å²) in [5.74, 6) is 0.481.